The van der Waals surface area contributed by atoms with E-state index in [1.54, 1.807) is 6.07 Å². The zero-order valence-corrected chi connectivity index (χ0v) is 26.2. The van der Waals surface area contributed by atoms with Crippen molar-refractivity contribution in [3.8, 4) is 17.2 Å². The maximum Gasteiger partial charge on any atom is 0.383 e. The second-order valence-corrected chi connectivity index (χ2v) is 10.0. The topological polar surface area (TPSA) is 189 Å². The third-order valence-electron chi connectivity index (χ3n) is 6.18. The number of carbonyl (C=O) groups is 5. The molecule has 15 heteroatoms. The Morgan fingerprint density at radius 2 is 1.46 bits per heavy atom. The number of benzene rings is 1. The SMILES string of the molecule is CCC=CCCOc1ccc2c(O[C@@H]3O[C@H](COC(C)=O)[C@@H](OC(C)=O)[C@H](OC(C)=O)[C@H]3OC(C)=O)c(OC(C)=O)c(=O)oc2c1. The van der Waals surface area contributed by atoms with Gasteiger partial charge in [-0.2, -0.15) is 0 Å². The number of esters is 5. The molecule has 0 aliphatic carbocycles. The quantitative estimate of drug-likeness (QED) is 0.101. The van der Waals surface area contributed by atoms with Crippen LogP contribution in [-0.2, 0) is 47.7 Å². The van der Waals surface area contributed by atoms with E-state index in [9.17, 15) is 28.8 Å². The van der Waals surface area contributed by atoms with Crippen LogP contribution in [0.1, 0.15) is 54.4 Å². The Kier molecular flexibility index (Phi) is 12.7. The molecule has 0 bridgehead atoms. The van der Waals surface area contributed by atoms with Gasteiger partial charge in [0, 0.05) is 40.7 Å². The van der Waals surface area contributed by atoms with E-state index < -0.39 is 78.5 Å². The molecule has 46 heavy (non-hydrogen) atoms. The van der Waals surface area contributed by atoms with Gasteiger partial charge in [0.2, 0.25) is 12.4 Å². The van der Waals surface area contributed by atoms with Crippen LogP contribution in [0.25, 0.3) is 11.0 Å². The Labute approximate surface area is 263 Å². The Hall–Kier alpha value is -4.92. The molecule has 1 fully saturated rings. The predicted octanol–water partition coefficient (Wildman–Crippen LogP) is 2.92. The van der Waals surface area contributed by atoms with Gasteiger partial charge in [0.1, 0.15) is 24.0 Å². The monoisotopic (exact) mass is 648 g/mol. The Morgan fingerprint density at radius 1 is 0.804 bits per heavy atom. The number of hydrogen-bond donors (Lipinski definition) is 0. The Balaban J connectivity index is 2.14. The first-order chi connectivity index (χ1) is 21.8. The first-order valence-corrected chi connectivity index (χ1v) is 14.3. The Morgan fingerprint density at radius 3 is 2.07 bits per heavy atom. The Bertz CT molecular complexity index is 1520. The van der Waals surface area contributed by atoms with Gasteiger partial charge >= 0.3 is 35.5 Å². The fraction of sp³-hybridized carbons (Fsp3) is 0.484. The summed E-state index contributed by atoms with van der Waals surface area (Å²) in [5.41, 5.74) is -1.13. The van der Waals surface area contributed by atoms with Crippen molar-refractivity contribution in [2.75, 3.05) is 13.2 Å². The highest BCUT2D eigenvalue weighted by molar-refractivity contribution is 5.87. The first-order valence-electron chi connectivity index (χ1n) is 14.3. The molecule has 3 rings (SSSR count). The summed E-state index contributed by atoms with van der Waals surface area (Å²) in [6.07, 6.45) is -2.18. The minimum Gasteiger partial charge on any atom is -0.493 e. The maximum absolute atomic E-state index is 13.1. The van der Waals surface area contributed by atoms with Crippen molar-refractivity contribution in [2.45, 2.75) is 85.1 Å². The maximum atomic E-state index is 13.1. The summed E-state index contributed by atoms with van der Waals surface area (Å²) < 4.78 is 49.7. The summed E-state index contributed by atoms with van der Waals surface area (Å²) in [4.78, 5) is 73.1. The average molecular weight is 649 g/mol. The second-order valence-electron chi connectivity index (χ2n) is 10.0. The number of allylic oxidation sites excluding steroid dienone is 1. The molecule has 0 radical (unpaired) electrons. The van der Waals surface area contributed by atoms with E-state index in [2.05, 4.69) is 0 Å². The third kappa shape index (κ3) is 9.79. The summed E-state index contributed by atoms with van der Waals surface area (Å²) in [6, 6.07) is 4.46. The lowest BCUT2D eigenvalue weighted by atomic mass is 9.98. The molecule has 0 unspecified atom stereocenters. The summed E-state index contributed by atoms with van der Waals surface area (Å²) >= 11 is 0. The molecule has 1 aromatic heterocycles. The molecule has 1 aliphatic rings. The van der Waals surface area contributed by atoms with Gasteiger partial charge in [-0.05, 0) is 25.0 Å². The van der Waals surface area contributed by atoms with Crippen LogP contribution in [0.15, 0.2) is 39.6 Å². The molecular weight excluding hydrogens is 612 g/mol. The summed E-state index contributed by atoms with van der Waals surface area (Å²) in [6.45, 7) is 7.22. The molecule has 0 amide bonds. The highest BCUT2D eigenvalue weighted by Crippen LogP contribution is 2.38. The van der Waals surface area contributed by atoms with Crippen molar-refractivity contribution in [3.63, 3.8) is 0 Å². The van der Waals surface area contributed by atoms with Gasteiger partial charge in [-0.1, -0.05) is 19.1 Å². The van der Waals surface area contributed by atoms with E-state index in [1.807, 2.05) is 19.1 Å². The number of fused-ring (bicyclic) bond motifs is 1. The van der Waals surface area contributed by atoms with Crippen molar-refractivity contribution in [1.82, 2.24) is 0 Å². The van der Waals surface area contributed by atoms with Crippen molar-refractivity contribution < 1.29 is 66.3 Å². The van der Waals surface area contributed by atoms with Gasteiger partial charge in [-0.15, -0.1) is 0 Å². The van der Waals surface area contributed by atoms with E-state index in [-0.39, 0.29) is 16.7 Å². The molecule has 1 aliphatic heterocycles. The zero-order chi connectivity index (χ0) is 34.0. The third-order valence-corrected chi connectivity index (χ3v) is 6.18. The summed E-state index contributed by atoms with van der Waals surface area (Å²) in [7, 11) is 0. The van der Waals surface area contributed by atoms with E-state index in [0.717, 1.165) is 41.0 Å². The van der Waals surface area contributed by atoms with Gasteiger partial charge in [-0.3, -0.25) is 24.0 Å². The molecule has 2 aromatic rings. The lowest BCUT2D eigenvalue weighted by molar-refractivity contribution is -0.288. The largest absolute Gasteiger partial charge is 0.493 e. The van der Waals surface area contributed by atoms with Crippen molar-refractivity contribution in [3.05, 3.63) is 40.8 Å². The minimum atomic E-state index is -1.72. The van der Waals surface area contributed by atoms with Gasteiger partial charge in [-0.25, -0.2) is 4.79 Å². The normalized spacial score (nSPS) is 20.9. The molecule has 1 saturated heterocycles. The van der Waals surface area contributed by atoms with Crippen LogP contribution in [0.2, 0.25) is 0 Å². The zero-order valence-electron chi connectivity index (χ0n) is 26.2. The molecule has 250 valence electrons. The van der Waals surface area contributed by atoms with Crippen LogP contribution >= 0.6 is 0 Å². The van der Waals surface area contributed by atoms with E-state index in [0.29, 0.717) is 18.8 Å². The van der Waals surface area contributed by atoms with Crippen LogP contribution in [0.4, 0.5) is 0 Å². The summed E-state index contributed by atoms with van der Waals surface area (Å²) in [5.74, 6) is -4.80. The number of hydrogen-bond acceptors (Lipinski definition) is 15. The number of rotatable bonds is 13. The molecule has 5 atom stereocenters. The highest BCUT2D eigenvalue weighted by atomic mass is 16.7. The fourth-order valence-corrected chi connectivity index (χ4v) is 4.50. The highest BCUT2D eigenvalue weighted by Gasteiger charge is 2.53. The van der Waals surface area contributed by atoms with Crippen LogP contribution in [0.3, 0.4) is 0 Å². The van der Waals surface area contributed by atoms with E-state index >= 15 is 0 Å². The molecule has 0 N–H and O–H groups in total. The first kappa shape index (κ1) is 35.6. The van der Waals surface area contributed by atoms with Crippen LogP contribution in [-0.4, -0.2) is 73.8 Å². The second kappa shape index (κ2) is 16.4. The van der Waals surface area contributed by atoms with Crippen molar-refractivity contribution in [1.29, 1.82) is 0 Å². The molecule has 15 nitrogen and oxygen atoms in total. The smallest absolute Gasteiger partial charge is 0.383 e. The number of carbonyl (C=O) groups excluding carboxylic acids is 5. The van der Waals surface area contributed by atoms with Gasteiger partial charge < -0.3 is 42.3 Å². The van der Waals surface area contributed by atoms with Gasteiger partial charge in [0.05, 0.1) is 12.0 Å². The molecular formula is C31H36O15. The van der Waals surface area contributed by atoms with Gasteiger partial charge in [0.15, 0.2) is 18.0 Å². The molecule has 2 heterocycles. The molecule has 0 spiro atoms. The lowest BCUT2D eigenvalue weighted by Gasteiger charge is -2.44. The standard InChI is InChI=1S/C31H36O15/c1-7-8-9-10-13-38-21-11-12-22-23(14-21)44-30(37)28(42-19(5)35)25(22)46-31-29(43-20(6)36)27(41-18(4)34)26(40-17(3)33)24(45-31)15-39-16(2)32/h8-9,11-12,14,24,26-27,29,31H,7,10,13,15H2,1-6H3/t24-,26-,27+,29-,31+/m1/s1. The minimum absolute atomic E-state index is 0.0249. The van der Waals surface area contributed by atoms with Gasteiger partial charge in [0.25, 0.3) is 5.75 Å². The van der Waals surface area contributed by atoms with Crippen molar-refractivity contribution >= 4 is 40.8 Å². The summed E-state index contributed by atoms with van der Waals surface area (Å²) in [5, 5.41) is 0.113. The average Bonchev–Trinajstić information content (AvgIpc) is 2.95. The fourth-order valence-electron chi connectivity index (χ4n) is 4.50. The predicted molar refractivity (Wildman–Crippen MR) is 156 cm³/mol. The van der Waals surface area contributed by atoms with E-state index in [4.69, 9.17) is 42.3 Å². The number of ether oxygens (including phenoxy) is 8. The molecule has 0 saturated carbocycles. The lowest BCUT2D eigenvalue weighted by Crippen LogP contribution is -2.63. The molecule has 1 aromatic carbocycles. The van der Waals surface area contributed by atoms with Crippen LogP contribution < -0.4 is 19.8 Å². The van der Waals surface area contributed by atoms with E-state index in [1.165, 1.54) is 12.1 Å². The van der Waals surface area contributed by atoms with Crippen LogP contribution in [0.5, 0.6) is 17.2 Å². The van der Waals surface area contributed by atoms with Crippen molar-refractivity contribution in [2.24, 2.45) is 0 Å². The van der Waals surface area contributed by atoms with Crippen LogP contribution in [0, 0.1) is 0 Å².